The zero-order valence-electron chi connectivity index (χ0n) is 13.1. The molecular formula is C18H27NS. The van der Waals surface area contributed by atoms with Crippen LogP contribution in [-0.4, -0.2) is 30.3 Å². The van der Waals surface area contributed by atoms with Gasteiger partial charge in [-0.05, 0) is 49.8 Å². The van der Waals surface area contributed by atoms with Gasteiger partial charge in [-0.1, -0.05) is 32.0 Å². The zero-order chi connectivity index (χ0) is 14.2. The third kappa shape index (κ3) is 3.07. The van der Waals surface area contributed by atoms with Gasteiger partial charge in [-0.25, -0.2) is 0 Å². The van der Waals surface area contributed by atoms with Gasteiger partial charge in [0.05, 0.1) is 0 Å². The summed E-state index contributed by atoms with van der Waals surface area (Å²) >= 11 is 2.04. The lowest BCUT2D eigenvalue weighted by atomic mass is 9.75. The van der Waals surface area contributed by atoms with E-state index in [0.29, 0.717) is 5.41 Å². The second-order valence-electron chi connectivity index (χ2n) is 7.38. The fourth-order valence-electron chi connectivity index (χ4n) is 3.70. The molecule has 0 saturated heterocycles. The summed E-state index contributed by atoms with van der Waals surface area (Å²) in [4.78, 5) is 4.15. The van der Waals surface area contributed by atoms with E-state index >= 15 is 0 Å². The molecule has 2 aliphatic rings. The molecule has 1 atom stereocenters. The number of hydrogen-bond acceptors (Lipinski definition) is 2. The van der Waals surface area contributed by atoms with Gasteiger partial charge >= 0.3 is 0 Å². The average molecular weight is 289 g/mol. The molecule has 1 aromatic carbocycles. The number of hydrogen-bond donors (Lipinski definition) is 0. The second-order valence-corrected chi connectivity index (χ2v) is 8.44. The first-order chi connectivity index (χ1) is 9.55. The Labute approximate surface area is 128 Å². The Morgan fingerprint density at radius 2 is 1.90 bits per heavy atom. The first-order valence-electron chi connectivity index (χ1n) is 7.97. The van der Waals surface area contributed by atoms with Crippen molar-refractivity contribution in [2.24, 2.45) is 5.41 Å². The molecule has 0 spiro atoms. The van der Waals surface area contributed by atoms with E-state index in [1.165, 1.54) is 42.9 Å². The Balaban J connectivity index is 1.59. The molecule has 0 radical (unpaired) electrons. The highest BCUT2D eigenvalue weighted by Gasteiger charge is 2.31. The molecule has 1 aliphatic carbocycles. The topological polar surface area (TPSA) is 3.24 Å². The molecule has 1 unspecified atom stereocenters. The molecule has 2 heteroatoms. The molecular weight excluding hydrogens is 262 g/mol. The van der Waals surface area contributed by atoms with Crippen LogP contribution in [0.5, 0.6) is 0 Å². The Kier molecular flexibility index (Phi) is 4.14. The largest absolute Gasteiger partial charge is 0.303 e. The number of nitrogens with zero attached hydrogens (tertiary/aromatic N) is 1. The van der Waals surface area contributed by atoms with E-state index in [9.17, 15) is 0 Å². The number of rotatable bonds is 3. The molecule has 0 aromatic heterocycles. The lowest BCUT2D eigenvalue weighted by Gasteiger charge is -2.39. The van der Waals surface area contributed by atoms with Crippen molar-refractivity contribution in [3.8, 4) is 0 Å². The summed E-state index contributed by atoms with van der Waals surface area (Å²) in [5.41, 5.74) is 2.16. The van der Waals surface area contributed by atoms with E-state index < -0.39 is 0 Å². The van der Waals surface area contributed by atoms with Crippen LogP contribution >= 0.6 is 11.8 Å². The van der Waals surface area contributed by atoms with E-state index in [1.807, 2.05) is 11.8 Å². The molecule has 0 N–H and O–H groups in total. The quantitative estimate of drug-likeness (QED) is 0.788. The van der Waals surface area contributed by atoms with Crippen molar-refractivity contribution >= 4 is 11.8 Å². The smallest absolute Gasteiger partial charge is 0.0108 e. The van der Waals surface area contributed by atoms with Crippen LogP contribution in [0.1, 0.15) is 51.0 Å². The van der Waals surface area contributed by atoms with Crippen molar-refractivity contribution in [2.45, 2.75) is 56.4 Å². The molecule has 0 amide bonds. The van der Waals surface area contributed by atoms with Crippen molar-refractivity contribution < 1.29 is 0 Å². The van der Waals surface area contributed by atoms with Gasteiger partial charge in [0.25, 0.3) is 0 Å². The highest BCUT2D eigenvalue weighted by atomic mass is 32.2. The SMILES string of the molecule is CN(CC1CSc2ccccc21)C1CCC(C)(C)CC1. The van der Waals surface area contributed by atoms with Gasteiger partial charge in [0, 0.05) is 29.2 Å². The normalized spacial score (nSPS) is 25.9. The van der Waals surface area contributed by atoms with E-state index in [0.717, 1.165) is 12.0 Å². The standard InChI is InChI=1S/C18H27NS/c1-18(2)10-8-15(9-11-18)19(3)12-14-13-20-17-7-5-4-6-16(14)17/h4-7,14-15H,8-13H2,1-3H3. The summed E-state index contributed by atoms with van der Waals surface area (Å²) in [6, 6.07) is 9.78. The molecule has 110 valence electrons. The van der Waals surface area contributed by atoms with Crippen LogP contribution in [-0.2, 0) is 0 Å². The van der Waals surface area contributed by atoms with Crippen molar-refractivity contribution in [1.29, 1.82) is 0 Å². The Morgan fingerprint density at radius 1 is 1.20 bits per heavy atom. The lowest BCUT2D eigenvalue weighted by molar-refractivity contribution is 0.124. The van der Waals surface area contributed by atoms with Crippen LogP contribution in [0.2, 0.25) is 0 Å². The van der Waals surface area contributed by atoms with Crippen molar-refractivity contribution in [2.75, 3.05) is 19.3 Å². The van der Waals surface area contributed by atoms with Crippen molar-refractivity contribution in [3.63, 3.8) is 0 Å². The zero-order valence-corrected chi connectivity index (χ0v) is 13.9. The average Bonchev–Trinajstić information content (AvgIpc) is 2.82. The minimum Gasteiger partial charge on any atom is -0.303 e. The maximum Gasteiger partial charge on any atom is 0.0108 e. The van der Waals surface area contributed by atoms with E-state index in [1.54, 1.807) is 5.56 Å². The summed E-state index contributed by atoms with van der Waals surface area (Å²) in [5.74, 6) is 2.00. The summed E-state index contributed by atoms with van der Waals surface area (Å²) in [6.45, 7) is 6.08. The third-order valence-electron chi connectivity index (χ3n) is 5.24. The van der Waals surface area contributed by atoms with Gasteiger partial charge < -0.3 is 4.90 Å². The predicted molar refractivity (Wildman–Crippen MR) is 88.6 cm³/mol. The highest BCUT2D eigenvalue weighted by molar-refractivity contribution is 7.99. The van der Waals surface area contributed by atoms with Gasteiger partial charge in [-0.3, -0.25) is 0 Å². The van der Waals surface area contributed by atoms with Crippen LogP contribution in [0.3, 0.4) is 0 Å². The molecule has 1 aromatic rings. The molecule has 3 rings (SSSR count). The summed E-state index contributed by atoms with van der Waals surface area (Å²) in [6.07, 6.45) is 5.53. The van der Waals surface area contributed by atoms with Gasteiger partial charge in [0.2, 0.25) is 0 Å². The number of benzene rings is 1. The Hall–Kier alpha value is -0.470. The summed E-state index contributed by atoms with van der Waals surface area (Å²) in [7, 11) is 2.34. The second kappa shape index (κ2) is 5.73. The van der Waals surface area contributed by atoms with Gasteiger partial charge in [0.1, 0.15) is 0 Å². The molecule has 0 bridgehead atoms. The maximum absolute atomic E-state index is 2.64. The van der Waals surface area contributed by atoms with E-state index in [-0.39, 0.29) is 0 Å². The minimum absolute atomic E-state index is 0.577. The molecule has 1 heterocycles. The van der Waals surface area contributed by atoms with E-state index in [2.05, 4.69) is 50.1 Å². The van der Waals surface area contributed by atoms with Crippen LogP contribution in [0, 0.1) is 5.41 Å². The van der Waals surface area contributed by atoms with Crippen LogP contribution in [0.25, 0.3) is 0 Å². The number of thioether (sulfide) groups is 1. The molecule has 1 fully saturated rings. The van der Waals surface area contributed by atoms with Crippen LogP contribution in [0.15, 0.2) is 29.2 Å². The van der Waals surface area contributed by atoms with Crippen molar-refractivity contribution in [1.82, 2.24) is 4.90 Å². The van der Waals surface area contributed by atoms with Crippen molar-refractivity contribution in [3.05, 3.63) is 29.8 Å². The fraction of sp³-hybridized carbons (Fsp3) is 0.667. The first-order valence-corrected chi connectivity index (χ1v) is 8.96. The Morgan fingerprint density at radius 3 is 2.65 bits per heavy atom. The number of fused-ring (bicyclic) bond motifs is 1. The monoisotopic (exact) mass is 289 g/mol. The molecule has 1 saturated carbocycles. The van der Waals surface area contributed by atoms with Crippen LogP contribution < -0.4 is 0 Å². The maximum atomic E-state index is 2.64. The molecule has 1 aliphatic heterocycles. The number of likely N-dealkylation sites (N-methyl/N-ethyl adjacent to an activating group) is 1. The highest BCUT2D eigenvalue weighted by Crippen LogP contribution is 2.41. The molecule has 1 nitrogen and oxygen atoms in total. The lowest BCUT2D eigenvalue weighted by Crippen LogP contribution is -2.39. The van der Waals surface area contributed by atoms with E-state index in [4.69, 9.17) is 0 Å². The van der Waals surface area contributed by atoms with Gasteiger partial charge in [-0.2, -0.15) is 0 Å². The summed E-state index contributed by atoms with van der Waals surface area (Å²) < 4.78 is 0. The fourth-order valence-corrected chi connectivity index (χ4v) is 4.94. The predicted octanol–water partition coefficient (Wildman–Crippen LogP) is 4.78. The Bertz CT molecular complexity index is 458. The third-order valence-corrected chi connectivity index (χ3v) is 6.49. The molecule has 20 heavy (non-hydrogen) atoms. The van der Waals surface area contributed by atoms with Gasteiger partial charge in [0.15, 0.2) is 0 Å². The summed E-state index contributed by atoms with van der Waals surface area (Å²) in [5, 5.41) is 0. The first kappa shape index (κ1) is 14.5. The van der Waals surface area contributed by atoms with Gasteiger partial charge in [-0.15, -0.1) is 11.8 Å². The minimum atomic E-state index is 0.577. The van der Waals surface area contributed by atoms with Crippen LogP contribution in [0.4, 0.5) is 0 Å².